The summed E-state index contributed by atoms with van der Waals surface area (Å²) in [5.74, 6) is 1.02. The van der Waals surface area contributed by atoms with E-state index in [0.717, 1.165) is 42.3 Å². The number of hydrogen-bond donors (Lipinski definition) is 1. The fraction of sp³-hybridized carbons (Fsp3) is 0.412. The quantitative estimate of drug-likeness (QED) is 0.652. The zero-order valence-corrected chi connectivity index (χ0v) is 13.6. The zero-order chi connectivity index (χ0) is 15.2. The van der Waals surface area contributed by atoms with Crippen LogP contribution in [-0.2, 0) is 6.42 Å². The van der Waals surface area contributed by atoms with Gasteiger partial charge in [0.15, 0.2) is 5.03 Å². The van der Waals surface area contributed by atoms with Crippen LogP contribution in [0.2, 0.25) is 0 Å². The van der Waals surface area contributed by atoms with Crippen molar-refractivity contribution in [3.8, 4) is 0 Å². The van der Waals surface area contributed by atoms with E-state index >= 15 is 0 Å². The van der Waals surface area contributed by atoms with Crippen LogP contribution < -0.4 is 5.32 Å². The molecule has 0 fully saturated rings. The normalized spacial score (nSPS) is 18.2. The molecule has 0 spiro atoms. The summed E-state index contributed by atoms with van der Waals surface area (Å²) in [6.45, 7) is 3.18. The molecule has 0 bridgehead atoms. The molecule has 0 radical (unpaired) electrons. The van der Waals surface area contributed by atoms with E-state index in [-0.39, 0.29) is 0 Å². The summed E-state index contributed by atoms with van der Waals surface area (Å²) >= 11 is 1.73. The van der Waals surface area contributed by atoms with Crippen molar-refractivity contribution >= 4 is 17.3 Å². The highest BCUT2D eigenvalue weighted by Crippen LogP contribution is 2.29. The van der Waals surface area contributed by atoms with E-state index in [1.807, 2.05) is 0 Å². The molecule has 116 valence electrons. The maximum atomic E-state index is 4.97. The highest BCUT2D eigenvalue weighted by atomic mass is 32.2. The molecular weight excluding hydrogens is 294 g/mol. The Morgan fingerprint density at radius 1 is 1.27 bits per heavy atom. The first-order valence-corrected chi connectivity index (χ1v) is 8.76. The Morgan fingerprint density at radius 2 is 2.14 bits per heavy atom. The van der Waals surface area contributed by atoms with Crippen molar-refractivity contribution in [1.29, 1.82) is 0 Å². The minimum Gasteiger partial charge on any atom is -0.310 e. The number of nitrogens with zero attached hydrogens (tertiary/aromatic N) is 2. The first kappa shape index (κ1) is 15.3. The number of thioether (sulfide) groups is 1. The van der Waals surface area contributed by atoms with E-state index in [0.29, 0.717) is 6.04 Å². The van der Waals surface area contributed by atoms with Gasteiger partial charge in [-0.05, 0) is 54.2 Å². The molecule has 1 aliphatic heterocycles. The van der Waals surface area contributed by atoms with E-state index in [4.69, 9.17) is 4.63 Å². The predicted octanol–water partition coefficient (Wildman–Crippen LogP) is 3.56. The summed E-state index contributed by atoms with van der Waals surface area (Å²) in [6.07, 6.45) is 5.49. The van der Waals surface area contributed by atoms with Gasteiger partial charge in [0.2, 0.25) is 0 Å². The fourth-order valence-corrected chi connectivity index (χ4v) is 3.52. The molecule has 1 aromatic carbocycles. The Hall–Kier alpha value is -1.59. The van der Waals surface area contributed by atoms with Gasteiger partial charge in [0.1, 0.15) is 5.69 Å². The molecule has 22 heavy (non-hydrogen) atoms. The molecule has 4 nitrogen and oxygen atoms in total. The number of rotatable bonds is 6. The van der Waals surface area contributed by atoms with Crippen molar-refractivity contribution in [2.45, 2.75) is 37.3 Å². The molecule has 3 rings (SSSR count). The number of aryl methyl sites for hydroxylation is 1. The molecule has 1 aliphatic rings. The highest BCUT2D eigenvalue weighted by Gasteiger charge is 2.21. The molecule has 0 saturated heterocycles. The van der Waals surface area contributed by atoms with Crippen LogP contribution in [0.1, 0.15) is 31.0 Å². The van der Waals surface area contributed by atoms with Gasteiger partial charge in [-0.15, -0.1) is 11.8 Å². The van der Waals surface area contributed by atoms with E-state index in [2.05, 4.69) is 59.0 Å². The second-order valence-electron chi connectivity index (χ2n) is 5.48. The monoisotopic (exact) mass is 315 g/mol. The van der Waals surface area contributed by atoms with Crippen molar-refractivity contribution in [3.05, 3.63) is 47.7 Å². The van der Waals surface area contributed by atoms with Crippen LogP contribution in [0.5, 0.6) is 0 Å². The van der Waals surface area contributed by atoms with Gasteiger partial charge in [-0.3, -0.25) is 0 Å². The van der Waals surface area contributed by atoms with Crippen LogP contribution in [-0.4, -0.2) is 28.7 Å². The van der Waals surface area contributed by atoms with Crippen molar-refractivity contribution in [1.82, 2.24) is 15.6 Å². The third-order valence-electron chi connectivity index (χ3n) is 3.85. The Kier molecular flexibility index (Phi) is 5.29. The van der Waals surface area contributed by atoms with Crippen molar-refractivity contribution in [2.24, 2.45) is 0 Å². The second kappa shape index (κ2) is 7.61. The highest BCUT2D eigenvalue weighted by molar-refractivity contribution is 7.99. The van der Waals surface area contributed by atoms with Crippen molar-refractivity contribution in [2.75, 3.05) is 12.3 Å². The third-order valence-corrected chi connectivity index (χ3v) is 4.88. The van der Waals surface area contributed by atoms with Gasteiger partial charge in [0.25, 0.3) is 0 Å². The molecule has 2 heterocycles. The topological polar surface area (TPSA) is 51.0 Å². The van der Waals surface area contributed by atoms with Crippen LogP contribution in [0.3, 0.4) is 0 Å². The molecular formula is C17H21N3OS. The Morgan fingerprint density at radius 3 is 2.95 bits per heavy atom. The number of nitrogens with one attached hydrogen (secondary N) is 1. The van der Waals surface area contributed by atoms with Gasteiger partial charge < -0.3 is 5.32 Å². The van der Waals surface area contributed by atoms with E-state index in [1.165, 1.54) is 11.1 Å². The number of benzene rings is 1. The molecule has 0 aliphatic carbocycles. The van der Waals surface area contributed by atoms with Gasteiger partial charge in [-0.2, -0.15) is 0 Å². The first-order valence-electron chi connectivity index (χ1n) is 7.77. The van der Waals surface area contributed by atoms with Crippen LogP contribution in [0.4, 0.5) is 0 Å². The van der Waals surface area contributed by atoms with Crippen molar-refractivity contribution < 1.29 is 4.63 Å². The lowest BCUT2D eigenvalue weighted by atomic mass is 10.0. The summed E-state index contributed by atoms with van der Waals surface area (Å²) in [7, 11) is 0. The second-order valence-corrected chi connectivity index (χ2v) is 6.56. The average Bonchev–Trinajstić information content (AvgIpc) is 3.01. The van der Waals surface area contributed by atoms with E-state index in [9.17, 15) is 0 Å². The predicted molar refractivity (Wildman–Crippen MR) is 89.8 cm³/mol. The molecule has 2 aromatic rings. The third kappa shape index (κ3) is 3.78. The standard InChI is InChI=1S/C17H21N3OS/c1-13-15(10-5-11-18-13)16-17(20-21-19-16)22-12-6-9-14-7-3-2-4-8-14/h2-4,7-8,10,13,18H,5-6,9,11-12H2,1H3. The molecule has 1 atom stereocenters. The maximum Gasteiger partial charge on any atom is 0.168 e. The molecule has 0 saturated carbocycles. The Bertz CT molecular complexity index is 624. The first-order chi connectivity index (χ1) is 10.8. The van der Waals surface area contributed by atoms with Crippen LogP contribution in [0, 0.1) is 0 Å². The Labute approximate surface area is 135 Å². The van der Waals surface area contributed by atoms with Crippen LogP contribution >= 0.6 is 11.8 Å². The lowest BCUT2D eigenvalue weighted by Crippen LogP contribution is -2.31. The van der Waals surface area contributed by atoms with Gasteiger partial charge in [0, 0.05) is 11.8 Å². The number of aromatic nitrogens is 2. The lowest BCUT2D eigenvalue weighted by molar-refractivity contribution is 0.297. The fourth-order valence-electron chi connectivity index (χ4n) is 2.66. The molecule has 1 aromatic heterocycles. The van der Waals surface area contributed by atoms with Gasteiger partial charge in [-0.1, -0.05) is 36.4 Å². The summed E-state index contributed by atoms with van der Waals surface area (Å²) < 4.78 is 4.97. The molecule has 5 heteroatoms. The molecule has 0 amide bonds. The maximum absolute atomic E-state index is 4.97. The smallest absolute Gasteiger partial charge is 0.168 e. The van der Waals surface area contributed by atoms with Gasteiger partial charge in [-0.25, -0.2) is 4.63 Å². The molecule has 1 N–H and O–H groups in total. The van der Waals surface area contributed by atoms with Gasteiger partial charge >= 0.3 is 0 Å². The number of hydrogen-bond acceptors (Lipinski definition) is 5. The zero-order valence-electron chi connectivity index (χ0n) is 12.8. The summed E-state index contributed by atoms with van der Waals surface area (Å²) in [5, 5.41) is 12.6. The van der Waals surface area contributed by atoms with E-state index < -0.39 is 0 Å². The summed E-state index contributed by atoms with van der Waals surface area (Å²) in [5.41, 5.74) is 3.50. The molecule has 1 unspecified atom stereocenters. The van der Waals surface area contributed by atoms with Crippen LogP contribution in [0.25, 0.3) is 5.57 Å². The lowest BCUT2D eigenvalue weighted by Gasteiger charge is -2.20. The summed E-state index contributed by atoms with van der Waals surface area (Å²) in [4.78, 5) is 0. The largest absolute Gasteiger partial charge is 0.310 e. The van der Waals surface area contributed by atoms with Crippen molar-refractivity contribution in [3.63, 3.8) is 0 Å². The van der Waals surface area contributed by atoms with E-state index in [1.54, 1.807) is 11.8 Å². The minimum atomic E-state index is 0.310. The minimum absolute atomic E-state index is 0.310. The SMILES string of the molecule is CC1NCCC=C1c1nonc1SCCCc1ccccc1. The average molecular weight is 315 g/mol. The van der Waals surface area contributed by atoms with Crippen LogP contribution in [0.15, 0.2) is 46.1 Å². The Balaban J connectivity index is 1.55. The summed E-state index contributed by atoms with van der Waals surface area (Å²) in [6, 6.07) is 10.9. The van der Waals surface area contributed by atoms with Gasteiger partial charge in [0.05, 0.1) is 0 Å².